The van der Waals surface area contributed by atoms with Crippen molar-refractivity contribution in [1.82, 2.24) is 0 Å². The van der Waals surface area contributed by atoms with Gasteiger partial charge in [-0.05, 0) is 17.7 Å². The zero-order valence-electron chi connectivity index (χ0n) is 7.80. The van der Waals surface area contributed by atoms with Crippen LogP contribution in [0.3, 0.4) is 0 Å². The second kappa shape index (κ2) is 5.54. The molecule has 0 aromatic heterocycles. The monoisotopic (exact) mass is 201 g/mol. The molecule has 0 atom stereocenters. The minimum absolute atomic E-state index is 0.254. The lowest BCUT2D eigenvalue weighted by atomic mass is 10.2. The van der Waals surface area contributed by atoms with Crippen LogP contribution in [0.1, 0.15) is 12.0 Å². The topological polar surface area (TPSA) is 35.2 Å². The Kier molecular flexibility index (Phi) is 4.32. The van der Waals surface area contributed by atoms with Crippen LogP contribution in [-0.4, -0.2) is 13.3 Å². The summed E-state index contributed by atoms with van der Waals surface area (Å²) in [5, 5.41) is 0. The minimum Gasteiger partial charge on any atom is -0.493 e. The van der Waals surface area contributed by atoms with Gasteiger partial charge in [0.1, 0.15) is 11.6 Å². The number of benzene rings is 1. The van der Waals surface area contributed by atoms with E-state index in [0.717, 1.165) is 0 Å². The van der Waals surface area contributed by atoms with Gasteiger partial charge in [-0.2, -0.15) is 0 Å². The Morgan fingerprint density at radius 1 is 1.29 bits per heavy atom. The summed E-state index contributed by atoms with van der Waals surface area (Å²) in [5.41, 5.74) is 6.03. The van der Waals surface area contributed by atoms with Gasteiger partial charge in [0.05, 0.1) is 13.3 Å². The molecule has 2 N–H and O–H groups in total. The minimum atomic E-state index is -0.431. The summed E-state index contributed by atoms with van der Waals surface area (Å²) in [7, 11) is 0. The van der Waals surface area contributed by atoms with Gasteiger partial charge in [-0.1, -0.05) is 0 Å². The van der Waals surface area contributed by atoms with Crippen LogP contribution in [0.15, 0.2) is 18.2 Å². The van der Waals surface area contributed by atoms with Crippen LogP contribution in [0.4, 0.5) is 8.78 Å². The largest absolute Gasteiger partial charge is 0.493 e. The van der Waals surface area contributed by atoms with Crippen molar-refractivity contribution < 1.29 is 13.5 Å². The molecule has 0 bridgehead atoms. The normalized spacial score (nSPS) is 10.2. The third-order valence-electron chi connectivity index (χ3n) is 1.71. The smallest absolute Gasteiger partial charge is 0.127 e. The van der Waals surface area contributed by atoms with Gasteiger partial charge in [0.25, 0.3) is 0 Å². The maximum Gasteiger partial charge on any atom is 0.127 e. The van der Waals surface area contributed by atoms with E-state index in [0.29, 0.717) is 17.7 Å². The van der Waals surface area contributed by atoms with Gasteiger partial charge in [-0.15, -0.1) is 0 Å². The molecule has 0 spiro atoms. The first kappa shape index (κ1) is 10.9. The van der Waals surface area contributed by atoms with Crippen LogP contribution >= 0.6 is 0 Å². The van der Waals surface area contributed by atoms with E-state index in [-0.39, 0.29) is 19.0 Å². The summed E-state index contributed by atoms with van der Waals surface area (Å²) in [4.78, 5) is 0. The van der Waals surface area contributed by atoms with Crippen molar-refractivity contribution in [2.75, 3.05) is 13.3 Å². The van der Waals surface area contributed by atoms with Crippen molar-refractivity contribution in [3.63, 3.8) is 0 Å². The van der Waals surface area contributed by atoms with Crippen molar-refractivity contribution in [3.8, 4) is 5.75 Å². The van der Waals surface area contributed by atoms with Gasteiger partial charge in [-0.25, -0.2) is 4.39 Å². The second-order valence-corrected chi connectivity index (χ2v) is 2.89. The van der Waals surface area contributed by atoms with E-state index in [4.69, 9.17) is 10.5 Å². The quantitative estimate of drug-likeness (QED) is 0.740. The first-order valence-electron chi connectivity index (χ1n) is 4.44. The lowest BCUT2D eigenvalue weighted by molar-refractivity contribution is 0.288. The summed E-state index contributed by atoms with van der Waals surface area (Å²) in [6, 6.07) is 4.26. The fraction of sp³-hybridized carbons (Fsp3) is 0.400. The molecule has 78 valence electrons. The molecule has 0 aliphatic heterocycles. The van der Waals surface area contributed by atoms with Crippen molar-refractivity contribution in [2.45, 2.75) is 13.0 Å². The standard InChI is InChI=1S/C10H13F2NO/c11-2-1-3-14-10-5-8(7-13)4-9(12)6-10/h4-6H,1-3,7,13H2. The summed E-state index contributed by atoms with van der Waals surface area (Å²) in [6.45, 7) is 0.0836. The molecule has 0 heterocycles. The van der Waals surface area contributed by atoms with E-state index in [9.17, 15) is 8.78 Å². The highest BCUT2D eigenvalue weighted by atomic mass is 19.1. The van der Waals surface area contributed by atoms with Crippen LogP contribution < -0.4 is 10.5 Å². The van der Waals surface area contributed by atoms with E-state index in [1.54, 1.807) is 6.07 Å². The van der Waals surface area contributed by atoms with Crippen LogP contribution in [0.25, 0.3) is 0 Å². The zero-order valence-corrected chi connectivity index (χ0v) is 7.80. The van der Waals surface area contributed by atoms with Crippen LogP contribution in [0, 0.1) is 5.82 Å². The van der Waals surface area contributed by atoms with E-state index in [1.165, 1.54) is 12.1 Å². The summed E-state index contributed by atoms with van der Waals surface area (Å²) in [6.07, 6.45) is 0.314. The number of nitrogens with two attached hydrogens (primary N) is 1. The molecule has 0 radical (unpaired) electrons. The van der Waals surface area contributed by atoms with E-state index >= 15 is 0 Å². The average molecular weight is 201 g/mol. The summed E-state index contributed by atoms with van der Waals surface area (Å²) in [5.74, 6) is 0.0158. The zero-order chi connectivity index (χ0) is 10.4. The fourth-order valence-electron chi connectivity index (χ4n) is 1.07. The molecule has 0 saturated heterocycles. The van der Waals surface area contributed by atoms with Gasteiger partial charge >= 0.3 is 0 Å². The van der Waals surface area contributed by atoms with Crippen molar-refractivity contribution in [1.29, 1.82) is 0 Å². The number of hydrogen-bond acceptors (Lipinski definition) is 2. The molecule has 14 heavy (non-hydrogen) atoms. The number of ether oxygens (including phenoxy) is 1. The molecule has 1 aromatic rings. The Morgan fingerprint density at radius 3 is 2.71 bits per heavy atom. The predicted octanol–water partition coefficient (Wildman–Crippen LogP) is 2.02. The maximum absolute atomic E-state index is 12.9. The average Bonchev–Trinajstić information content (AvgIpc) is 2.17. The Labute approximate surface area is 81.7 Å². The number of halogens is 2. The molecule has 0 amide bonds. The van der Waals surface area contributed by atoms with Crippen LogP contribution in [0.2, 0.25) is 0 Å². The van der Waals surface area contributed by atoms with Crippen molar-refractivity contribution >= 4 is 0 Å². The van der Waals surface area contributed by atoms with Gasteiger partial charge in [-0.3, -0.25) is 4.39 Å². The van der Waals surface area contributed by atoms with Gasteiger partial charge in [0.2, 0.25) is 0 Å². The molecule has 1 aromatic carbocycles. The Morgan fingerprint density at radius 2 is 2.07 bits per heavy atom. The molecule has 0 aliphatic rings. The summed E-state index contributed by atoms with van der Waals surface area (Å²) < 4.78 is 29.8. The first-order chi connectivity index (χ1) is 6.76. The highest BCUT2D eigenvalue weighted by Crippen LogP contribution is 2.16. The van der Waals surface area contributed by atoms with Gasteiger partial charge in [0, 0.05) is 19.0 Å². The number of alkyl halides is 1. The molecule has 4 heteroatoms. The van der Waals surface area contributed by atoms with Crippen molar-refractivity contribution in [3.05, 3.63) is 29.6 Å². The molecular weight excluding hydrogens is 188 g/mol. The van der Waals surface area contributed by atoms with E-state index in [2.05, 4.69) is 0 Å². The first-order valence-corrected chi connectivity index (χ1v) is 4.44. The molecule has 0 aliphatic carbocycles. The Hall–Kier alpha value is -1.16. The SMILES string of the molecule is NCc1cc(F)cc(OCCCF)c1. The molecule has 0 saturated carbocycles. The summed E-state index contributed by atoms with van der Waals surface area (Å²) >= 11 is 0. The third kappa shape index (κ3) is 3.30. The van der Waals surface area contributed by atoms with Crippen LogP contribution in [0.5, 0.6) is 5.75 Å². The number of hydrogen-bond donors (Lipinski definition) is 1. The predicted molar refractivity (Wildman–Crippen MR) is 50.4 cm³/mol. The Bertz CT molecular complexity index is 291. The maximum atomic E-state index is 12.9. The fourth-order valence-corrected chi connectivity index (χ4v) is 1.07. The lowest BCUT2D eigenvalue weighted by Crippen LogP contribution is -2.01. The van der Waals surface area contributed by atoms with Crippen molar-refractivity contribution in [2.24, 2.45) is 5.73 Å². The van der Waals surface area contributed by atoms with E-state index < -0.39 is 6.67 Å². The molecule has 0 unspecified atom stereocenters. The lowest BCUT2D eigenvalue weighted by Gasteiger charge is -2.06. The van der Waals surface area contributed by atoms with Crippen LogP contribution in [-0.2, 0) is 6.54 Å². The van der Waals surface area contributed by atoms with Gasteiger partial charge in [0.15, 0.2) is 0 Å². The third-order valence-corrected chi connectivity index (χ3v) is 1.71. The molecule has 1 rings (SSSR count). The van der Waals surface area contributed by atoms with E-state index in [1.807, 2.05) is 0 Å². The molecular formula is C10H13F2NO. The molecule has 0 fully saturated rings. The highest BCUT2D eigenvalue weighted by Gasteiger charge is 2.00. The molecule has 2 nitrogen and oxygen atoms in total. The van der Waals surface area contributed by atoms with Gasteiger partial charge < -0.3 is 10.5 Å². The Balaban J connectivity index is 2.62. The second-order valence-electron chi connectivity index (χ2n) is 2.89. The number of rotatable bonds is 5. The highest BCUT2D eigenvalue weighted by molar-refractivity contribution is 5.29.